The molecule has 0 spiro atoms. The fraction of sp³-hybridized carbons (Fsp3) is 0.261. The molecule has 0 saturated heterocycles. The van der Waals surface area contributed by atoms with Crippen LogP contribution in [0.2, 0.25) is 0 Å². The lowest BCUT2D eigenvalue weighted by Crippen LogP contribution is -2.56. The monoisotopic (exact) mass is 438 g/mol. The van der Waals surface area contributed by atoms with Gasteiger partial charge in [0.1, 0.15) is 18.1 Å². The number of carboxylic acid groups (broad SMARTS) is 1. The minimum absolute atomic E-state index is 0.0891. The average molecular weight is 438 g/mol. The summed E-state index contributed by atoms with van der Waals surface area (Å²) in [5, 5.41) is 24.7. The van der Waals surface area contributed by atoms with Gasteiger partial charge in [0, 0.05) is 29.9 Å². The Balaban J connectivity index is 1.81. The molecule has 0 saturated carbocycles. The highest BCUT2D eigenvalue weighted by atomic mass is 16.4. The van der Waals surface area contributed by atoms with E-state index in [9.17, 15) is 19.5 Å². The maximum atomic E-state index is 13.1. The zero-order valence-electron chi connectivity index (χ0n) is 17.3. The van der Waals surface area contributed by atoms with Crippen molar-refractivity contribution in [3.8, 4) is 0 Å². The van der Waals surface area contributed by atoms with Gasteiger partial charge in [0.05, 0.1) is 6.61 Å². The standard InChI is InChI=1S/C23H26N4O5/c24-17(13-28)21(29)26-19(11-15-12-25-18-9-5-4-8-16(15)18)22(30)27-20(23(31)32)10-14-6-2-1-3-7-14/h1-9,12,17,19-20,25,28H,10-11,13,24H2,(H,26,29)(H,27,30)(H,31,32). The number of para-hydroxylation sites is 1. The van der Waals surface area contributed by atoms with Gasteiger partial charge in [-0.05, 0) is 17.2 Å². The molecule has 3 aromatic rings. The first-order chi connectivity index (χ1) is 15.4. The first-order valence-corrected chi connectivity index (χ1v) is 10.2. The molecular formula is C23H26N4O5. The highest BCUT2D eigenvalue weighted by Gasteiger charge is 2.29. The van der Waals surface area contributed by atoms with E-state index in [0.29, 0.717) is 0 Å². The van der Waals surface area contributed by atoms with Gasteiger partial charge >= 0.3 is 5.97 Å². The van der Waals surface area contributed by atoms with Crippen LogP contribution < -0.4 is 16.4 Å². The van der Waals surface area contributed by atoms with Crippen molar-refractivity contribution in [2.75, 3.05) is 6.61 Å². The number of benzene rings is 2. The molecule has 3 unspecified atom stereocenters. The number of hydrogen-bond acceptors (Lipinski definition) is 5. The van der Waals surface area contributed by atoms with Crippen LogP contribution >= 0.6 is 0 Å². The number of carboxylic acids is 1. The summed E-state index contributed by atoms with van der Waals surface area (Å²) in [5.41, 5.74) is 7.98. The van der Waals surface area contributed by atoms with Gasteiger partial charge in [0.25, 0.3) is 0 Å². The molecule has 9 heteroatoms. The Bertz CT molecular complexity index is 1080. The zero-order chi connectivity index (χ0) is 23.1. The molecule has 0 radical (unpaired) electrons. The predicted octanol–water partition coefficient (Wildman–Crippen LogP) is 0.327. The van der Waals surface area contributed by atoms with E-state index in [1.165, 1.54) is 0 Å². The fourth-order valence-corrected chi connectivity index (χ4v) is 3.41. The number of fused-ring (bicyclic) bond motifs is 1. The maximum Gasteiger partial charge on any atom is 0.326 e. The molecule has 0 aliphatic heterocycles. The van der Waals surface area contributed by atoms with Gasteiger partial charge < -0.3 is 31.6 Å². The number of carbonyl (C=O) groups is 3. The van der Waals surface area contributed by atoms with Crippen LogP contribution in [-0.2, 0) is 27.2 Å². The molecular weight excluding hydrogens is 412 g/mol. The lowest BCUT2D eigenvalue weighted by atomic mass is 10.0. The molecule has 32 heavy (non-hydrogen) atoms. The predicted molar refractivity (Wildman–Crippen MR) is 119 cm³/mol. The maximum absolute atomic E-state index is 13.1. The van der Waals surface area contributed by atoms with E-state index in [0.717, 1.165) is 22.0 Å². The number of nitrogens with two attached hydrogens (primary N) is 1. The van der Waals surface area contributed by atoms with Gasteiger partial charge in [-0.15, -0.1) is 0 Å². The normalized spacial score (nSPS) is 13.8. The average Bonchev–Trinajstić information content (AvgIpc) is 3.21. The molecule has 0 bridgehead atoms. The van der Waals surface area contributed by atoms with E-state index in [1.54, 1.807) is 30.5 Å². The van der Waals surface area contributed by atoms with Crippen LogP contribution in [0.5, 0.6) is 0 Å². The molecule has 3 rings (SSSR count). The minimum atomic E-state index is -1.20. The Hall–Kier alpha value is -3.69. The number of aromatic nitrogens is 1. The first-order valence-electron chi connectivity index (χ1n) is 10.2. The zero-order valence-corrected chi connectivity index (χ0v) is 17.3. The third-order valence-corrected chi connectivity index (χ3v) is 5.16. The van der Waals surface area contributed by atoms with Crippen molar-refractivity contribution in [1.82, 2.24) is 15.6 Å². The minimum Gasteiger partial charge on any atom is -0.480 e. The van der Waals surface area contributed by atoms with Crippen LogP contribution in [0, 0.1) is 0 Å². The van der Waals surface area contributed by atoms with E-state index in [-0.39, 0.29) is 12.8 Å². The molecule has 1 heterocycles. The number of amides is 2. The van der Waals surface area contributed by atoms with Crippen LogP contribution in [0.15, 0.2) is 60.8 Å². The Kier molecular flexibility index (Phi) is 7.58. The Morgan fingerprint density at radius 1 is 0.906 bits per heavy atom. The van der Waals surface area contributed by atoms with Crippen molar-refractivity contribution in [1.29, 1.82) is 0 Å². The van der Waals surface area contributed by atoms with Crippen LogP contribution in [0.25, 0.3) is 10.9 Å². The highest BCUT2D eigenvalue weighted by molar-refractivity contribution is 5.93. The van der Waals surface area contributed by atoms with Gasteiger partial charge in [-0.25, -0.2) is 4.79 Å². The fourth-order valence-electron chi connectivity index (χ4n) is 3.41. The van der Waals surface area contributed by atoms with Gasteiger partial charge in [-0.3, -0.25) is 9.59 Å². The second kappa shape index (κ2) is 10.6. The van der Waals surface area contributed by atoms with Crippen molar-refractivity contribution in [2.24, 2.45) is 5.73 Å². The summed E-state index contributed by atoms with van der Waals surface area (Å²) in [6.45, 7) is -0.584. The number of aliphatic carboxylic acids is 1. The molecule has 1 aromatic heterocycles. The van der Waals surface area contributed by atoms with Crippen LogP contribution in [0.3, 0.4) is 0 Å². The molecule has 168 valence electrons. The molecule has 0 aliphatic carbocycles. The van der Waals surface area contributed by atoms with Gasteiger partial charge in [-0.2, -0.15) is 0 Å². The quantitative estimate of drug-likeness (QED) is 0.268. The van der Waals surface area contributed by atoms with Crippen LogP contribution in [-0.4, -0.2) is 57.7 Å². The number of rotatable bonds is 10. The number of aromatic amines is 1. The number of H-pyrrole nitrogens is 1. The van der Waals surface area contributed by atoms with Crippen molar-refractivity contribution in [2.45, 2.75) is 31.0 Å². The van der Waals surface area contributed by atoms with E-state index < -0.39 is 42.5 Å². The highest BCUT2D eigenvalue weighted by Crippen LogP contribution is 2.19. The Morgan fingerprint density at radius 2 is 1.56 bits per heavy atom. The summed E-state index contributed by atoms with van der Waals surface area (Å²) in [6.07, 6.45) is 1.94. The summed E-state index contributed by atoms with van der Waals surface area (Å²) in [5.74, 6) is -2.55. The number of carbonyl (C=O) groups excluding carboxylic acids is 2. The summed E-state index contributed by atoms with van der Waals surface area (Å²) in [7, 11) is 0. The topological polar surface area (TPSA) is 158 Å². The molecule has 2 amide bonds. The lowest BCUT2D eigenvalue weighted by molar-refractivity contribution is -0.142. The summed E-state index contributed by atoms with van der Waals surface area (Å²) in [6, 6.07) is 12.9. The first kappa shape index (κ1) is 23.0. The third kappa shape index (κ3) is 5.71. The molecule has 9 nitrogen and oxygen atoms in total. The van der Waals surface area contributed by atoms with Crippen LogP contribution in [0.4, 0.5) is 0 Å². The molecule has 2 aromatic carbocycles. The van der Waals surface area contributed by atoms with Crippen molar-refractivity contribution >= 4 is 28.7 Å². The van der Waals surface area contributed by atoms with E-state index in [2.05, 4.69) is 15.6 Å². The van der Waals surface area contributed by atoms with Crippen LogP contribution in [0.1, 0.15) is 11.1 Å². The number of nitrogens with one attached hydrogen (secondary N) is 3. The molecule has 0 aliphatic rings. The van der Waals surface area contributed by atoms with Crippen molar-refractivity contribution in [3.63, 3.8) is 0 Å². The van der Waals surface area contributed by atoms with Gasteiger partial charge in [0.15, 0.2) is 0 Å². The molecule has 0 fully saturated rings. The van der Waals surface area contributed by atoms with E-state index in [1.807, 2.05) is 30.3 Å². The summed E-state index contributed by atoms with van der Waals surface area (Å²) < 4.78 is 0. The third-order valence-electron chi connectivity index (χ3n) is 5.16. The second-order valence-electron chi connectivity index (χ2n) is 7.50. The van der Waals surface area contributed by atoms with Gasteiger partial charge in [-0.1, -0.05) is 48.5 Å². The van der Waals surface area contributed by atoms with E-state index in [4.69, 9.17) is 10.8 Å². The SMILES string of the molecule is NC(CO)C(=O)NC(Cc1c[nH]c2ccccc12)C(=O)NC(Cc1ccccc1)C(=O)O. The van der Waals surface area contributed by atoms with Crippen molar-refractivity contribution in [3.05, 3.63) is 71.9 Å². The smallest absolute Gasteiger partial charge is 0.326 e. The van der Waals surface area contributed by atoms with Crippen molar-refractivity contribution < 1.29 is 24.6 Å². The lowest BCUT2D eigenvalue weighted by Gasteiger charge is -2.22. The number of aliphatic hydroxyl groups is 1. The Labute approximate surface area is 184 Å². The second-order valence-corrected chi connectivity index (χ2v) is 7.50. The van der Waals surface area contributed by atoms with E-state index >= 15 is 0 Å². The summed E-state index contributed by atoms with van der Waals surface area (Å²) >= 11 is 0. The largest absolute Gasteiger partial charge is 0.480 e. The number of hydrogen-bond donors (Lipinski definition) is 6. The Morgan fingerprint density at radius 3 is 2.25 bits per heavy atom. The molecule has 3 atom stereocenters. The molecule has 7 N–H and O–H groups in total. The van der Waals surface area contributed by atoms with Gasteiger partial charge in [0.2, 0.25) is 11.8 Å². The summed E-state index contributed by atoms with van der Waals surface area (Å²) in [4.78, 5) is 40.2. The number of aliphatic hydroxyl groups excluding tert-OH is 1.